The number of alkyl halides is 3. The second-order valence-electron chi connectivity index (χ2n) is 5.00. The minimum absolute atomic E-state index is 0.0668. The molecule has 3 N–H and O–H groups in total. The standard InChI is InChI=1S/C12H23F3N2O/c1-9(2)6-10(8-16)7-11(18)17-5-3-4-12(13,14)15/h9-10H,3-8,16H2,1-2H3,(H,17,18). The molecular formula is C12H23F3N2O. The monoisotopic (exact) mass is 268 g/mol. The van der Waals surface area contributed by atoms with Crippen LogP contribution in [0.15, 0.2) is 0 Å². The number of carbonyl (C=O) groups excluding carboxylic acids is 1. The Morgan fingerprint density at radius 3 is 2.39 bits per heavy atom. The fourth-order valence-corrected chi connectivity index (χ4v) is 1.78. The lowest BCUT2D eigenvalue weighted by molar-refractivity contribution is -0.136. The van der Waals surface area contributed by atoms with Crippen molar-refractivity contribution in [3.05, 3.63) is 0 Å². The molecule has 0 aliphatic rings. The highest BCUT2D eigenvalue weighted by Crippen LogP contribution is 2.20. The van der Waals surface area contributed by atoms with Crippen LogP contribution in [-0.2, 0) is 4.79 Å². The molecule has 0 aromatic carbocycles. The molecule has 0 radical (unpaired) electrons. The molecule has 0 aromatic heterocycles. The Kier molecular flexibility index (Phi) is 7.98. The van der Waals surface area contributed by atoms with Crippen LogP contribution < -0.4 is 11.1 Å². The number of nitrogens with one attached hydrogen (secondary N) is 1. The van der Waals surface area contributed by atoms with Crippen LogP contribution in [0.2, 0.25) is 0 Å². The lowest BCUT2D eigenvalue weighted by Gasteiger charge is -2.16. The van der Waals surface area contributed by atoms with Crippen molar-refractivity contribution >= 4 is 5.91 Å². The number of amides is 1. The van der Waals surface area contributed by atoms with Gasteiger partial charge in [0.1, 0.15) is 0 Å². The zero-order valence-corrected chi connectivity index (χ0v) is 11.0. The Bertz CT molecular complexity index is 242. The highest BCUT2D eigenvalue weighted by molar-refractivity contribution is 5.76. The lowest BCUT2D eigenvalue weighted by atomic mass is 9.94. The number of hydrogen-bond donors (Lipinski definition) is 2. The van der Waals surface area contributed by atoms with Gasteiger partial charge in [-0.2, -0.15) is 13.2 Å². The van der Waals surface area contributed by atoms with Gasteiger partial charge in [-0.1, -0.05) is 13.8 Å². The maximum Gasteiger partial charge on any atom is 0.389 e. The fourth-order valence-electron chi connectivity index (χ4n) is 1.78. The first-order valence-electron chi connectivity index (χ1n) is 6.28. The van der Waals surface area contributed by atoms with Gasteiger partial charge in [-0.3, -0.25) is 4.79 Å². The number of rotatable bonds is 8. The molecule has 108 valence electrons. The number of hydrogen-bond acceptors (Lipinski definition) is 2. The van der Waals surface area contributed by atoms with E-state index in [2.05, 4.69) is 5.32 Å². The smallest absolute Gasteiger partial charge is 0.356 e. The molecule has 0 saturated carbocycles. The normalized spacial score (nSPS) is 13.7. The number of carbonyl (C=O) groups is 1. The Morgan fingerprint density at radius 1 is 1.33 bits per heavy atom. The van der Waals surface area contributed by atoms with Gasteiger partial charge in [-0.25, -0.2) is 0 Å². The van der Waals surface area contributed by atoms with Crippen molar-refractivity contribution in [2.75, 3.05) is 13.1 Å². The van der Waals surface area contributed by atoms with E-state index in [-0.39, 0.29) is 24.8 Å². The molecule has 18 heavy (non-hydrogen) atoms. The van der Waals surface area contributed by atoms with E-state index >= 15 is 0 Å². The molecule has 0 aromatic rings. The maximum atomic E-state index is 11.9. The van der Waals surface area contributed by atoms with E-state index in [0.717, 1.165) is 6.42 Å². The highest BCUT2D eigenvalue weighted by Gasteiger charge is 2.26. The zero-order valence-electron chi connectivity index (χ0n) is 11.0. The molecule has 0 saturated heterocycles. The van der Waals surface area contributed by atoms with Crippen molar-refractivity contribution in [2.45, 2.75) is 45.7 Å². The van der Waals surface area contributed by atoms with Crippen LogP contribution in [-0.4, -0.2) is 25.2 Å². The Morgan fingerprint density at radius 2 is 1.94 bits per heavy atom. The van der Waals surface area contributed by atoms with E-state index in [4.69, 9.17) is 5.73 Å². The average molecular weight is 268 g/mol. The van der Waals surface area contributed by atoms with Crippen molar-refractivity contribution in [1.29, 1.82) is 0 Å². The van der Waals surface area contributed by atoms with E-state index < -0.39 is 12.6 Å². The van der Waals surface area contributed by atoms with Crippen LogP contribution >= 0.6 is 0 Å². The van der Waals surface area contributed by atoms with E-state index in [1.54, 1.807) is 0 Å². The summed E-state index contributed by atoms with van der Waals surface area (Å²) in [5.41, 5.74) is 5.55. The molecule has 0 aliphatic carbocycles. The van der Waals surface area contributed by atoms with Gasteiger partial charge in [0.05, 0.1) is 0 Å². The topological polar surface area (TPSA) is 55.1 Å². The summed E-state index contributed by atoms with van der Waals surface area (Å²) in [5.74, 6) is 0.345. The van der Waals surface area contributed by atoms with Crippen LogP contribution in [0, 0.1) is 11.8 Å². The summed E-state index contributed by atoms with van der Waals surface area (Å²) in [4.78, 5) is 11.5. The van der Waals surface area contributed by atoms with Gasteiger partial charge >= 0.3 is 6.18 Å². The molecule has 3 nitrogen and oxygen atoms in total. The maximum absolute atomic E-state index is 11.9. The first-order chi connectivity index (χ1) is 8.24. The third kappa shape index (κ3) is 10.4. The Labute approximate surface area is 106 Å². The van der Waals surface area contributed by atoms with Crippen molar-refractivity contribution in [3.63, 3.8) is 0 Å². The number of halogens is 3. The largest absolute Gasteiger partial charge is 0.389 e. The van der Waals surface area contributed by atoms with Gasteiger partial charge in [0.2, 0.25) is 5.91 Å². The predicted octanol–water partition coefficient (Wildman–Crippen LogP) is 2.46. The van der Waals surface area contributed by atoms with Crippen molar-refractivity contribution < 1.29 is 18.0 Å². The molecule has 0 spiro atoms. The number of nitrogens with two attached hydrogens (primary N) is 1. The molecule has 1 amide bonds. The minimum Gasteiger partial charge on any atom is -0.356 e. The van der Waals surface area contributed by atoms with Crippen molar-refractivity contribution in [1.82, 2.24) is 5.32 Å². The summed E-state index contributed by atoms with van der Waals surface area (Å²) in [7, 11) is 0. The third-order valence-electron chi connectivity index (χ3n) is 2.57. The Hall–Kier alpha value is -0.780. The molecule has 1 unspecified atom stereocenters. The second kappa shape index (κ2) is 8.34. The molecule has 1 atom stereocenters. The van der Waals surface area contributed by atoms with E-state index in [9.17, 15) is 18.0 Å². The molecular weight excluding hydrogens is 245 g/mol. The summed E-state index contributed by atoms with van der Waals surface area (Å²) < 4.78 is 35.6. The van der Waals surface area contributed by atoms with Gasteiger partial charge in [0, 0.05) is 19.4 Å². The average Bonchev–Trinajstić information content (AvgIpc) is 2.21. The zero-order chi connectivity index (χ0) is 14.2. The van der Waals surface area contributed by atoms with Gasteiger partial charge < -0.3 is 11.1 Å². The van der Waals surface area contributed by atoms with Gasteiger partial charge in [0.15, 0.2) is 0 Å². The van der Waals surface area contributed by atoms with Gasteiger partial charge in [-0.05, 0) is 31.2 Å². The fraction of sp³-hybridized carbons (Fsp3) is 0.917. The predicted molar refractivity (Wildman–Crippen MR) is 64.9 cm³/mol. The van der Waals surface area contributed by atoms with E-state index in [1.807, 2.05) is 13.8 Å². The summed E-state index contributed by atoms with van der Waals surface area (Å²) >= 11 is 0. The molecule has 0 rings (SSSR count). The quantitative estimate of drug-likeness (QED) is 0.664. The first-order valence-corrected chi connectivity index (χ1v) is 6.28. The molecule has 0 bridgehead atoms. The van der Waals surface area contributed by atoms with Crippen molar-refractivity contribution in [2.24, 2.45) is 17.6 Å². The molecule has 0 fully saturated rings. The second-order valence-corrected chi connectivity index (χ2v) is 5.00. The summed E-state index contributed by atoms with van der Waals surface area (Å²) in [6, 6.07) is 0. The first kappa shape index (κ1) is 17.2. The summed E-state index contributed by atoms with van der Waals surface area (Å²) in [6.07, 6.45) is -3.94. The van der Waals surface area contributed by atoms with Crippen LogP contribution in [0.4, 0.5) is 13.2 Å². The SMILES string of the molecule is CC(C)CC(CN)CC(=O)NCCCC(F)(F)F. The van der Waals surface area contributed by atoms with Crippen LogP contribution in [0.25, 0.3) is 0 Å². The third-order valence-corrected chi connectivity index (χ3v) is 2.57. The van der Waals surface area contributed by atoms with Crippen molar-refractivity contribution in [3.8, 4) is 0 Å². The highest BCUT2D eigenvalue weighted by atomic mass is 19.4. The summed E-state index contributed by atoms with van der Waals surface area (Å²) in [5, 5.41) is 2.50. The van der Waals surface area contributed by atoms with E-state index in [0.29, 0.717) is 18.9 Å². The molecule has 6 heteroatoms. The molecule has 0 aliphatic heterocycles. The van der Waals surface area contributed by atoms with E-state index in [1.165, 1.54) is 0 Å². The van der Waals surface area contributed by atoms with Gasteiger partial charge in [-0.15, -0.1) is 0 Å². The molecule has 0 heterocycles. The van der Waals surface area contributed by atoms with Crippen LogP contribution in [0.5, 0.6) is 0 Å². The minimum atomic E-state index is -4.15. The lowest BCUT2D eigenvalue weighted by Crippen LogP contribution is -2.30. The Balaban J connectivity index is 3.75. The van der Waals surface area contributed by atoms with Crippen LogP contribution in [0.1, 0.15) is 39.5 Å². The van der Waals surface area contributed by atoms with Gasteiger partial charge in [0.25, 0.3) is 0 Å². The van der Waals surface area contributed by atoms with Crippen LogP contribution in [0.3, 0.4) is 0 Å². The summed E-state index contributed by atoms with van der Waals surface area (Å²) in [6.45, 7) is 4.58.